The summed E-state index contributed by atoms with van der Waals surface area (Å²) in [6.07, 6.45) is 5.06. The molecule has 168 valence electrons. The van der Waals surface area contributed by atoms with E-state index >= 15 is 0 Å². The molecule has 4 rings (SSSR count). The van der Waals surface area contributed by atoms with Gasteiger partial charge >= 0.3 is 5.97 Å². The van der Waals surface area contributed by atoms with Crippen LogP contribution < -0.4 is 10.5 Å². The molecule has 0 unspecified atom stereocenters. The van der Waals surface area contributed by atoms with Crippen molar-refractivity contribution < 1.29 is 14.7 Å². The molecular weight excluding hydrogens is 448 g/mol. The van der Waals surface area contributed by atoms with E-state index in [0.717, 1.165) is 43.3 Å². The first-order valence-corrected chi connectivity index (χ1v) is 11.7. The summed E-state index contributed by atoms with van der Waals surface area (Å²) in [6, 6.07) is 3.71. The molecule has 2 aliphatic heterocycles. The van der Waals surface area contributed by atoms with Crippen molar-refractivity contribution in [1.82, 2.24) is 14.3 Å². The molecule has 0 spiro atoms. The number of piperidine rings is 1. The van der Waals surface area contributed by atoms with Crippen molar-refractivity contribution in [3.8, 4) is 0 Å². The molecular formula is C22H24N4O4S2. The van der Waals surface area contributed by atoms with E-state index in [9.17, 15) is 14.4 Å². The third-order valence-corrected chi connectivity index (χ3v) is 7.22. The predicted molar refractivity (Wildman–Crippen MR) is 129 cm³/mol. The molecule has 0 aliphatic carbocycles. The summed E-state index contributed by atoms with van der Waals surface area (Å²) in [4.78, 5) is 45.9. The zero-order valence-corrected chi connectivity index (χ0v) is 19.5. The lowest BCUT2D eigenvalue weighted by atomic mass is 9.99. The maximum atomic E-state index is 13.5. The van der Waals surface area contributed by atoms with Gasteiger partial charge < -0.3 is 10.0 Å². The molecule has 2 aromatic rings. The van der Waals surface area contributed by atoms with Crippen LogP contribution in [-0.4, -0.2) is 55.2 Å². The number of hydrogen-bond donors (Lipinski definition) is 1. The van der Waals surface area contributed by atoms with Crippen LogP contribution in [0.2, 0.25) is 0 Å². The monoisotopic (exact) mass is 472 g/mol. The number of carboxylic acids is 1. The summed E-state index contributed by atoms with van der Waals surface area (Å²) in [5.74, 6) is -0.194. The van der Waals surface area contributed by atoms with Crippen LogP contribution in [0, 0.1) is 12.8 Å². The molecule has 2 saturated heterocycles. The topological polar surface area (TPSA) is 95.2 Å². The lowest BCUT2D eigenvalue weighted by Crippen LogP contribution is -2.36. The van der Waals surface area contributed by atoms with Gasteiger partial charge in [0.1, 0.15) is 15.8 Å². The number of fused-ring (bicyclic) bond motifs is 1. The second-order valence-corrected chi connectivity index (χ2v) is 9.86. The molecule has 2 fully saturated rings. The average Bonchev–Trinajstić information content (AvgIpc) is 3.02. The van der Waals surface area contributed by atoms with E-state index in [-0.39, 0.29) is 24.4 Å². The third-order valence-electron chi connectivity index (χ3n) is 5.85. The average molecular weight is 473 g/mol. The number of thiocarbonyl (C=S) groups is 1. The second kappa shape index (κ2) is 9.03. The number of aromatic nitrogens is 2. The number of aryl methyl sites for hydroxylation is 1. The van der Waals surface area contributed by atoms with Crippen molar-refractivity contribution in [2.45, 2.75) is 33.1 Å². The van der Waals surface area contributed by atoms with E-state index in [4.69, 9.17) is 22.3 Å². The minimum Gasteiger partial charge on any atom is -0.481 e. The maximum Gasteiger partial charge on any atom is 0.305 e. The van der Waals surface area contributed by atoms with E-state index in [0.29, 0.717) is 32.2 Å². The van der Waals surface area contributed by atoms with E-state index in [1.54, 1.807) is 18.3 Å². The lowest BCUT2D eigenvalue weighted by molar-refractivity contribution is -0.137. The van der Waals surface area contributed by atoms with Gasteiger partial charge in [0, 0.05) is 25.8 Å². The SMILES string of the molecule is Cc1cccn2c(=O)c(/C=C3\SC(=S)N(CCC(=O)O)C3=O)c(N3CCC(C)CC3)nc12. The van der Waals surface area contributed by atoms with E-state index < -0.39 is 5.97 Å². The van der Waals surface area contributed by atoms with Crippen LogP contribution in [0.15, 0.2) is 28.0 Å². The van der Waals surface area contributed by atoms with Gasteiger partial charge in [0.2, 0.25) is 0 Å². The normalized spacial score (nSPS) is 18.9. The zero-order chi connectivity index (χ0) is 23.0. The highest BCUT2D eigenvalue weighted by Crippen LogP contribution is 2.34. The van der Waals surface area contributed by atoms with Crippen molar-refractivity contribution in [2.24, 2.45) is 5.92 Å². The number of thioether (sulfide) groups is 1. The summed E-state index contributed by atoms with van der Waals surface area (Å²) in [5.41, 5.74) is 1.59. The molecule has 4 heterocycles. The highest BCUT2D eigenvalue weighted by molar-refractivity contribution is 8.26. The Kier molecular flexibility index (Phi) is 6.34. The summed E-state index contributed by atoms with van der Waals surface area (Å²) in [5, 5.41) is 8.95. The predicted octanol–water partition coefficient (Wildman–Crippen LogP) is 2.92. The first kappa shape index (κ1) is 22.5. The van der Waals surface area contributed by atoms with E-state index in [2.05, 4.69) is 11.8 Å². The third kappa shape index (κ3) is 4.29. The summed E-state index contributed by atoms with van der Waals surface area (Å²) >= 11 is 6.37. The Morgan fingerprint density at radius 1 is 1.34 bits per heavy atom. The molecule has 1 amide bonds. The molecule has 32 heavy (non-hydrogen) atoms. The largest absolute Gasteiger partial charge is 0.481 e. The van der Waals surface area contributed by atoms with Gasteiger partial charge in [-0.2, -0.15) is 0 Å². The molecule has 1 N–H and O–H groups in total. The van der Waals surface area contributed by atoms with Crippen molar-refractivity contribution in [2.75, 3.05) is 24.5 Å². The van der Waals surface area contributed by atoms with Crippen LogP contribution in [0.1, 0.15) is 37.3 Å². The Bertz CT molecular complexity index is 1200. The number of carbonyl (C=O) groups excluding carboxylic acids is 1. The fourth-order valence-electron chi connectivity index (χ4n) is 3.92. The first-order chi connectivity index (χ1) is 15.3. The molecule has 0 bridgehead atoms. The highest BCUT2D eigenvalue weighted by Gasteiger charge is 2.33. The van der Waals surface area contributed by atoms with Crippen LogP contribution in [-0.2, 0) is 9.59 Å². The van der Waals surface area contributed by atoms with Gasteiger partial charge in [0.15, 0.2) is 0 Å². The molecule has 10 heteroatoms. The molecule has 0 atom stereocenters. The Morgan fingerprint density at radius 2 is 2.06 bits per heavy atom. The van der Waals surface area contributed by atoms with Gasteiger partial charge in [-0.3, -0.25) is 23.7 Å². The standard InChI is InChI=1S/C22H24N4O4S2/c1-13-5-9-24(10-6-13)19-15(20(29)25-8-3-4-14(2)18(25)23-19)12-16-21(30)26(22(31)32-16)11-7-17(27)28/h3-4,8,12-13H,5-7,9-11H2,1-2H3,(H,27,28)/b16-12-. The quantitative estimate of drug-likeness (QED) is 0.524. The number of carboxylic acid groups (broad SMARTS) is 1. The van der Waals surface area contributed by atoms with Crippen molar-refractivity contribution in [3.63, 3.8) is 0 Å². The molecule has 0 saturated carbocycles. The molecule has 2 aliphatic rings. The number of amides is 1. The van der Waals surface area contributed by atoms with Crippen LogP contribution in [0.4, 0.5) is 5.82 Å². The summed E-state index contributed by atoms with van der Waals surface area (Å²) < 4.78 is 1.79. The second-order valence-electron chi connectivity index (χ2n) is 8.19. The fourth-order valence-corrected chi connectivity index (χ4v) is 5.21. The van der Waals surface area contributed by atoms with Crippen molar-refractivity contribution in [3.05, 3.63) is 44.7 Å². The van der Waals surface area contributed by atoms with Crippen LogP contribution in [0.25, 0.3) is 11.7 Å². The van der Waals surface area contributed by atoms with E-state index in [1.165, 1.54) is 9.30 Å². The number of anilines is 1. The Hall–Kier alpha value is -2.72. The molecule has 8 nitrogen and oxygen atoms in total. The van der Waals surface area contributed by atoms with E-state index in [1.807, 2.05) is 13.0 Å². The summed E-state index contributed by atoms with van der Waals surface area (Å²) in [7, 11) is 0. The van der Waals surface area contributed by atoms with Crippen LogP contribution in [0.3, 0.4) is 0 Å². The smallest absolute Gasteiger partial charge is 0.305 e. The fraction of sp³-hybridized carbons (Fsp3) is 0.409. The Labute approximate surface area is 194 Å². The Morgan fingerprint density at radius 3 is 2.75 bits per heavy atom. The number of pyridine rings is 1. The molecule has 0 aromatic carbocycles. The Balaban J connectivity index is 1.81. The maximum absolute atomic E-state index is 13.5. The van der Waals surface area contributed by atoms with Crippen molar-refractivity contribution >= 4 is 57.7 Å². The van der Waals surface area contributed by atoms with Gasteiger partial charge in [0.25, 0.3) is 11.5 Å². The van der Waals surface area contributed by atoms with Gasteiger partial charge in [-0.1, -0.05) is 37.0 Å². The minimum atomic E-state index is -1.00. The number of nitrogens with zero attached hydrogens (tertiary/aromatic N) is 4. The molecule has 0 radical (unpaired) electrons. The highest BCUT2D eigenvalue weighted by atomic mass is 32.2. The number of carbonyl (C=O) groups is 2. The number of aliphatic carboxylic acids is 1. The van der Waals surface area contributed by atoms with Crippen LogP contribution in [0.5, 0.6) is 0 Å². The number of rotatable bonds is 5. The van der Waals surface area contributed by atoms with Gasteiger partial charge in [-0.25, -0.2) is 4.98 Å². The van der Waals surface area contributed by atoms with Crippen LogP contribution >= 0.6 is 24.0 Å². The van der Waals surface area contributed by atoms with Crippen molar-refractivity contribution in [1.29, 1.82) is 0 Å². The lowest BCUT2D eigenvalue weighted by Gasteiger charge is -2.32. The zero-order valence-electron chi connectivity index (χ0n) is 17.9. The molecule has 2 aromatic heterocycles. The summed E-state index contributed by atoms with van der Waals surface area (Å²) in [6.45, 7) is 5.71. The minimum absolute atomic E-state index is 0.00234. The first-order valence-electron chi connectivity index (χ1n) is 10.5. The van der Waals surface area contributed by atoms with Gasteiger partial charge in [-0.05, 0) is 43.4 Å². The number of hydrogen-bond acceptors (Lipinski definition) is 7. The van der Waals surface area contributed by atoms with Gasteiger partial charge in [-0.15, -0.1) is 0 Å². The van der Waals surface area contributed by atoms with Gasteiger partial charge in [0.05, 0.1) is 16.9 Å².